The number of fused-ring (bicyclic) bond motifs is 3. The van der Waals surface area contributed by atoms with Crippen molar-refractivity contribution < 1.29 is 13.2 Å². The zero-order valence-electron chi connectivity index (χ0n) is 8.44. The molecule has 0 N–H and O–H groups in total. The summed E-state index contributed by atoms with van der Waals surface area (Å²) in [5.74, 6) is 0. The molecular formula is C11H6F3N3. The molecule has 0 aliphatic heterocycles. The van der Waals surface area contributed by atoms with Crippen LogP contribution < -0.4 is 0 Å². The van der Waals surface area contributed by atoms with Crippen molar-refractivity contribution in [3.63, 3.8) is 0 Å². The summed E-state index contributed by atoms with van der Waals surface area (Å²) in [6.45, 7) is 0. The van der Waals surface area contributed by atoms with Gasteiger partial charge >= 0.3 is 6.18 Å². The monoisotopic (exact) mass is 237 g/mol. The molecule has 17 heavy (non-hydrogen) atoms. The Kier molecular flexibility index (Phi) is 1.89. The second kappa shape index (κ2) is 3.19. The minimum absolute atomic E-state index is 0.297. The Balaban J connectivity index is 2.34. The van der Waals surface area contributed by atoms with Crippen LogP contribution in [0, 0.1) is 0 Å². The number of aromatic nitrogens is 3. The van der Waals surface area contributed by atoms with E-state index < -0.39 is 11.7 Å². The molecular weight excluding hydrogens is 231 g/mol. The van der Waals surface area contributed by atoms with Crippen molar-refractivity contribution in [3.05, 3.63) is 42.4 Å². The first-order valence-electron chi connectivity index (χ1n) is 4.85. The maximum Gasteiger partial charge on any atom is 0.416 e. The Morgan fingerprint density at radius 2 is 1.94 bits per heavy atom. The molecule has 0 atom stereocenters. The molecule has 3 aromatic rings. The van der Waals surface area contributed by atoms with Gasteiger partial charge in [0.25, 0.3) is 0 Å². The molecule has 0 saturated carbocycles. The van der Waals surface area contributed by atoms with E-state index in [0.717, 1.165) is 12.1 Å². The molecule has 0 saturated heterocycles. The molecule has 0 radical (unpaired) electrons. The fraction of sp³-hybridized carbons (Fsp3) is 0.0909. The number of benzene rings is 1. The zero-order chi connectivity index (χ0) is 12.0. The van der Waals surface area contributed by atoms with Gasteiger partial charge in [-0.15, -0.1) is 0 Å². The summed E-state index contributed by atoms with van der Waals surface area (Å²) in [6, 6.07) is 3.48. The van der Waals surface area contributed by atoms with Crippen molar-refractivity contribution in [3.8, 4) is 0 Å². The molecule has 1 aromatic carbocycles. The van der Waals surface area contributed by atoms with Crippen molar-refractivity contribution in [1.29, 1.82) is 0 Å². The second-order valence-corrected chi connectivity index (χ2v) is 3.61. The van der Waals surface area contributed by atoms with Crippen LogP contribution in [-0.4, -0.2) is 14.4 Å². The van der Waals surface area contributed by atoms with Crippen molar-refractivity contribution in [2.24, 2.45) is 0 Å². The van der Waals surface area contributed by atoms with E-state index in [4.69, 9.17) is 0 Å². The van der Waals surface area contributed by atoms with Crippen molar-refractivity contribution in [2.75, 3.05) is 0 Å². The van der Waals surface area contributed by atoms with Crippen LogP contribution in [0.4, 0.5) is 13.2 Å². The third kappa shape index (κ3) is 1.52. The SMILES string of the molecule is FC(F)(F)c1ccc2c(c1)ncc1nccn12. The van der Waals surface area contributed by atoms with Gasteiger partial charge in [0.2, 0.25) is 0 Å². The van der Waals surface area contributed by atoms with E-state index in [2.05, 4.69) is 9.97 Å². The van der Waals surface area contributed by atoms with Gasteiger partial charge in [-0.1, -0.05) is 0 Å². The van der Waals surface area contributed by atoms with Gasteiger partial charge in [0.1, 0.15) is 0 Å². The summed E-state index contributed by atoms with van der Waals surface area (Å²) >= 11 is 0. The van der Waals surface area contributed by atoms with Gasteiger partial charge in [0.05, 0.1) is 22.8 Å². The number of alkyl halides is 3. The molecule has 0 unspecified atom stereocenters. The fourth-order valence-corrected chi connectivity index (χ4v) is 1.75. The van der Waals surface area contributed by atoms with Crippen molar-refractivity contribution >= 4 is 16.7 Å². The number of imidazole rings is 1. The van der Waals surface area contributed by atoms with Crippen LogP contribution in [0.25, 0.3) is 16.7 Å². The summed E-state index contributed by atoms with van der Waals surface area (Å²) in [5.41, 5.74) is 0.813. The molecule has 0 amide bonds. The lowest BCUT2D eigenvalue weighted by Gasteiger charge is -2.07. The highest BCUT2D eigenvalue weighted by atomic mass is 19.4. The minimum atomic E-state index is -4.35. The van der Waals surface area contributed by atoms with Crippen LogP contribution in [0.15, 0.2) is 36.8 Å². The highest BCUT2D eigenvalue weighted by Gasteiger charge is 2.30. The standard InChI is InChI=1S/C11H6F3N3/c12-11(13,14)7-1-2-9-8(5-7)16-6-10-15-3-4-17(9)10/h1-6H. The van der Waals surface area contributed by atoms with Gasteiger partial charge in [0, 0.05) is 12.4 Å². The number of hydrogen-bond donors (Lipinski definition) is 0. The first-order chi connectivity index (χ1) is 8.05. The topological polar surface area (TPSA) is 30.2 Å². The predicted molar refractivity (Wildman–Crippen MR) is 55.5 cm³/mol. The fourth-order valence-electron chi connectivity index (χ4n) is 1.75. The van der Waals surface area contributed by atoms with Crippen LogP contribution >= 0.6 is 0 Å². The summed E-state index contributed by atoms with van der Waals surface area (Å²) in [6.07, 6.45) is 0.364. The highest BCUT2D eigenvalue weighted by molar-refractivity contribution is 5.78. The third-order valence-corrected chi connectivity index (χ3v) is 2.55. The first-order valence-corrected chi connectivity index (χ1v) is 4.85. The van der Waals surface area contributed by atoms with Gasteiger partial charge in [-0.25, -0.2) is 4.98 Å². The van der Waals surface area contributed by atoms with Gasteiger partial charge in [0.15, 0.2) is 5.65 Å². The predicted octanol–water partition coefficient (Wildman–Crippen LogP) is 2.90. The average molecular weight is 237 g/mol. The number of rotatable bonds is 0. The summed E-state index contributed by atoms with van der Waals surface area (Å²) in [5, 5.41) is 0. The number of nitrogens with zero attached hydrogens (tertiary/aromatic N) is 3. The second-order valence-electron chi connectivity index (χ2n) is 3.61. The largest absolute Gasteiger partial charge is 0.416 e. The quantitative estimate of drug-likeness (QED) is 0.601. The third-order valence-electron chi connectivity index (χ3n) is 2.55. The normalized spacial score (nSPS) is 12.4. The summed E-state index contributed by atoms with van der Waals surface area (Å²) in [4.78, 5) is 7.99. The molecule has 0 aliphatic carbocycles. The molecule has 86 valence electrons. The Labute approximate surface area is 93.5 Å². The molecule has 0 aliphatic rings. The average Bonchev–Trinajstić information content (AvgIpc) is 2.75. The van der Waals surface area contributed by atoms with Gasteiger partial charge < -0.3 is 0 Å². The van der Waals surface area contributed by atoms with Crippen LogP contribution in [0.1, 0.15) is 5.56 Å². The highest BCUT2D eigenvalue weighted by Crippen LogP contribution is 2.30. The number of halogens is 3. The van der Waals surface area contributed by atoms with E-state index in [1.165, 1.54) is 12.3 Å². The Morgan fingerprint density at radius 1 is 1.12 bits per heavy atom. The Hall–Kier alpha value is -2.11. The lowest BCUT2D eigenvalue weighted by atomic mass is 10.2. The van der Waals surface area contributed by atoms with Gasteiger partial charge in [-0.2, -0.15) is 13.2 Å². The minimum Gasteiger partial charge on any atom is -0.297 e. The zero-order valence-corrected chi connectivity index (χ0v) is 8.44. The summed E-state index contributed by atoms with van der Waals surface area (Å²) in [7, 11) is 0. The Morgan fingerprint density at radius 3 is 2.71 bits per heavy atom. The molecule has 2 aromatic heterocycles. The van der Waals surface area contributed by atoms with E-state index in [9.17, 15) is 13.2 Å². The van der Waals surface area contributed by atoms with Gasteiger partial charge in [-0.3, -0.25) is 9.38 Å². The molecule has 0 fully saturated rings. The Bertz CT molecular complexity index is 700. The van der Waals surface area contributed by atoms with Crippen LogP contribution in [0.2, 0.25) is 0 Å². The molecule has 0 spiro atoms. The maximum atomic E-state index is 12.5. The van der Waals surface area contributed by atoms with Crippen molar-refractivity contribution in [2.45, 2.75) is 6.18 Å². The molecule has 6 heteroatoms. The maximum absolute atomic E-state index is 12.5. The van der Waals surface area contributed by atoms with E-state index in [0.29, 0.717) is 16.7 Å². The van der Waals surface area contributed by atoms with Crippen molar-refractivity contribution in [1.82, 2.24) is 14.4 Å². The smallest absolute Gasteiger partial charge is 0.297 e. The van der Waals surface area contributed by atoms with Crippen LogP contribution in [0.5, 0.6) is 0 Å². The van der Waals surface area contributed by atoms with Crippen LogP contribution in [0.3, 0.4) is 0 Å². The number of hydrogen-bond acceptors (Lipinski definition) is 2. The molecule has 2 heterocycles. The van der Waals surface area contributed by atoms with Gasteiger partial charge in [-0.05, 0) is 18.2 Å². The van der Waals surface area contributed by atoms with E-state index in [1.54, 1.807) is 16.8 Å². The molecule has 3 nitrogen and oxygen atoms in total. The van der Waals surface area contributed by atoms with E-state index in [-0.39, 0.29) is 0 Å². The summed E-state index contributed by atoms with van der Waals surface area (Å²) < 4.78 is 39.3. The van der Waals surface area contributed by atoms with E-state index in [1.807, 2.05) is 0 Å². The molecule has 0 bridgehead atoms. The van der Waals surface area contributed by atoms with Crippen LogP contribution in [-0.2, 0) is 6.18 Å². The van der Waals surface area contributed by atoms with E-state index >= 15 is 0 Å². The lowest BCUT2D eigenvalue weighted by Crippen LogP contribution is -2.05. The lowest BCUT2D eigenvalue weighted by molar-refractivity contribution is -0.137. The molecule has 3 rings (SSSR count). The first kappa shape index (κ1) is 10.1.